The third kappa shape index (κ3) is 3.47. The highest BCUT2D eigenvalue weighted by Crippen LogP contribution is 2.35. The van der Waals surface area contributed by atoms with Crippen molar-refractivity contribution in [3.05, 3.63) is 34.9 Å². The molecule has 1 aromatic rings. The van der Waals surface area contributed by atoms with E-state index in [9.17, 15) is 9.90 Å². The number of hydrogen-bond acceptors (Lipinski definition) is 3. The van der Waals surface area contributed by atoms with Crippen molar-refractivity contribution in [1.82, 2.24) is 4.90 Å². The molecule has 2 heterocycles. The number of aryl methyl sites for hydroxylation is 2. The van der Waals surface area contributed by atoms with E-state index in [-0.39, 0.29) is 12.0 Å². The Bertz CT molecular complexity index is 634. The molecule has 4 rings (SSSR count). The molecule has 2 fully saturated rings. The van der Waals surface area contributed by atoms with Gasteiger partial charge in [0.1, 0.15) is 0 Å². The van der Waals surface area contributed by atoms with Crippen LogP contribution in [0, 0.1) is 0 Å². The molecule has 1 N–H and O–H groups in total. The number of likely N-dealkylation sites (tertiary alicyclic amines) is 1. The predicted molar refractivity (Wildman–Crippen MR) is 96.5 cm³/mol. The number of aliphatic hydroxyl groups is 1. The normalized spacial score (nSPS) is 25.6. The Balaban J connectivity index is 1.36. The van der Waals surface area contributed by atoms with E-state index >= 15 is 0 Å². The van der Waals surface area contributed by atoms with Crippen LogP contribution in [0.3, 0.4) is 0 Å². The maximum absolute atomic E-state index is 12.7. The van der Waals surface area contributed by atoms with Gasteiger partial charge in [-0.15, -0.1) is 0 Å². The Hall–Kier alpha value is -1.39. The number of hydrogen-bond donors (Lipinski definition) is 1. The summed E-state index contributed by atoms with van der Waals surface area (Å²) in [6.07, 6.45) is 8.26. The maximum atomic E-state index is 12.7. The Morgan fingerprint density at radius 2 is 1.92 bits per heavy atom. The van der Waals surface area contributed by atoms with Crippen molar-refractivity contribution in [2.75, 3.05) is 19.7 Å². The van der Waals surface area contributed by atoms with Gasteiger partial charge in [-0.2, -0.15) is 0 Å². The Labute approximate surface area is 150 Å². The molecule has 3 aliphatic rings. The minimum atomic E-state index is -0.402. The van der Waals surface area contributed by atoms with Crippen molar-refractivity contribution < 1.29 is 14.6 Å². The van der Waals surface area contributed by atoms with Gasteiger partial charge in [0, 0.05) is 19.7 Å². The van der Waals surface area contributed by atoms with Gasteiger partial charge in [-0.1, -0.05) is 18.2 Å². The molecule has 1 aromatic carbocycles. The first-order valence-corrected chi connectivity index (χ1v) is 9.87. The van der Waals surface area contributed by atoms with Crippen LogP contribution in [0.2, 0.25) is 0 Å². The lowest BCUT2D eigenvalue weighted by Gasteiger charge is -2.46. The molecule has 25 heavy (non-hydrogen) atoms. The van der Waals surface area contributed by atoms with E-state index in [4.69, 9.17) is 4.74 Å². The molecule has 1 amide bonds. The van der Waals surface area contributed by atoms with E-state index in [2.05, 4.69) is 18.2 Å². The van der Waals surface area contributed by atoms with Gasteiger partial charge in [0.25, 0.3) is 0 Å². The van der Waals surface area contributed by atoms with Gasteiger partial charge in [-0.3, -0.25) is 4.79 Å². The zero-order valence-electron chi connectivity index (χ0n) is 15.0. The van der Waals surface area contributed by atoms with Gasteiger partial charge in [-0.25, -0.2) is 0 Å². The van der Waals surface area contributed by atoms with Crippen molar-refractivity contribution in [2.24, 2.45) is 0 Å². The van der Waals surface area contributed by atoms with Crippen molar-refractivity contribution in [2.45, 2.75) is 69.5 Å². The van der Waals surface area contributed by atoms with Crippen LogP contribution >= 0.6 is 0 Å². The summed E-state index contributed by atoms with van der Waals surface area (Å²) in [7, 11) is 0. The molecule has 1 aliphatic carbocycles. The first kappa shape index (κ1) is 17.0. The molecular weight excluding hydrogens is 314 g/mol. The van der Waals surface area contributed by atoms with E-state index in [0.717, 1.165) is 44.3 Å². The first-order chi connectivity index (χ1) is 12.2. The molecule has 0 bridgehead atoms. The predicted octanol–water partition coefficient (Wildman–Crippen LogP) is 2.64. The summed E-state index contributed by atoms with van der Waals surface area (Å²) >= 11 is 0. The van der Waals surface area contributed by atoms with Gasteiger partial charge in [0.05, 0.1) is 18.1 Å². The van der Waals surface area contributed by atoms with E-state index in [1.54, 1.807) is 0 Å². The monoisotopic (exact) mass is 343 g/mol. The van der Waals surface area contributed by atoms with Crippen LogP contribution in [0.15, 0.2) is 18.2 Å². The maximum Gasteiger partial charge on any atom is 0.226 e. The molecule has 0 saturated carbocycles. The Morgan fingerprint density at radius 3 is 2.68 bits per heavy atom. The second kappa shape index (κ2) is 7.08. The van der Waals surface area contributed by atoms with E-state index in [0.29, 0.717) is 19.5 Å². The highest BCUT2D eigenvalue weighted by Gasteiger charge is 2.44. The van der Waals surface area contributed by atoms with Crippen LogP contribution in [-0.2, 0) is 28.8 Å². The summed E-state index contributed by atoms with van der Waals surface area (Å²) in [5.74, 6) is 0.205. The first-order valence-electron chi connectivity index (χ1n) is 9.87. The summed E-state index contributed by atoms with van der Waals surface area (Å²) < 4.78 is 5.94. The largest absolute Gasteiger partial charge is 0.390 e. The molecule has 2 saturated heterocycles. The fourth-order valence-electron chi connectivity index (χ4n) is 4.71. The van der Waals surface area contributed by atoms with Crippen LogP contribution in [-0.4, -0.2) is 47.3 Å². The van der Waals surface area contributed by atoms with Crippen molar-refractivity contribution in [1.29, 1.82) is 0 Å². The molecule has 0 aromatic heterocycles. The summed E-state index contributed by atoms with van der Waals surface area (Å²) in [6, 6.07) is 6.59. The number of carbonyl (C=O) groups excluding carboxylic acids is 1. The summed E-state index contributed by atoms with van der Waals surface area (Å²) in [5.41, 5.74) is 3.64. The van der Waals surface area contributed by atoms with Gasteiger partial charge < -0.3 is 14.7 Å². The van der Waals surface area contributed by atoms with Gasteiger partial charge in [0.15, 0.2) is 0 Å². The lowest BCUT2D eigenvalue weighted by molar-refractivity contribution is -0.179. The number of amides is 1. The van der Waals surface area contributed by atoms with Gasteiger partial charge >= 0.3 is 0 Å². The zero-order chi connectivity index (χ0) is 17.3. The van der Waals surface area contributed by atoms with E-state index in [1.807, 2.05) is 4.90 Å². The average molecular weight is 343 g/mol. The minimum Gasteiger partial charge on any atom is -0.390 e. The van der Waals surface area contributed by atoms with Gasteiger partial charge in [0.2, 0.25) is 5.91 Å². The lowest BCUT2D eigenvalue weighted by atomic mass is 9.82. The van der Waals surface area contributed by atoms with Crippen molar-refractivity contribution >= 4 is 5.91 Å². The zero-order valence-corrected chi connectivity index (χ0v) is 15.0. The number of fused-ring (bicyclic) bond motifs is 1. The highest BCUT2D eigenvalue weighted by molar-refractivity contribution is 5.79. The number of rotatable bonds is 2. The molecular formula is C21H29NO3. The number of benzene rings is 1. The quantitative estimate of drug-likeness (QED) is 0.898. The lowest BCUT2D eigenvalue weighted by Crippen LogP contribution is -2.56. The third-order valence-corrected chi connectivity index (χ3v) is 6.35. The van der Waals surface area contributed by atoms with Crippen LogP contribution < -0.4 is 0 Å². The van der Waals surface area contributed by atoms with Crippen molar-refractivity contribution in [3.8, 4) is 0 Å². The SMILES string of the molecule is O=C(Cc1ccc2c(c1)CCCC2)N1CCC2(CC1)OCCC[C@@H]2O. The number of aliphatic hydroxyl groups excluding tert-OH is 1. The second-order valence-corrected chi connectivity index (χ2v) is 7.94. The smallest absolute Gasteiger partial charge is 0.226 e. The molecule has 136 valence electrons. The summed E-state index contributed by atoms with van der Waals surface area (Å²) in [4.78, 5) is 14.7. The summed E-state index contributed by atoms with van der Waals surface area (Å²) in [5, 5.41) is 10.3. The topological polar surface area (TPSA) is 49.8 Å². The van der Waals surface area contributed by atoms with Gasteiger partial charge in [-0.05, 0) is 68.1 Å². The Morgan fingerprint density at radius 1 is 1.16 bits per heavy atom. The fourth-order valence-corrected chi connectivity index (χ4v) is 4.71. The Kier molecular flexibility index (Phi) is 4.83. The van der Waals surface area contributed by atoms with Crippen LogP contribution in [0.5, 0.6) is 0 Å². The molecule has 2 aliphatic heterocycles. The molecule has 4 nitrogen and oxygen atoms in total. The molecule has 1 atom stereocenters. The van der Waals surface area contributed by atoms with Crippen LogP contribution in [0.4, 0.5) is 0 Å². The standard InChI is InChI=1S/C21H29NO3/c23-19-6-3-13-25-21(19)9-11-22(12-10-21)20(24)15-16-7-8-17-4-1-2-5-18(17)14-16/h7-8,14,19,23H,1-6,9-13,15H2/t19-/m0/s1. The third-order valence-electron chi connectivity index (χ3n) is 6.35. The summed E-state index contributed by atoms with van der Waals surface area (Å²) in [6.45, 7) is 2.13. The fraction of sp³-hybridized carbons (Fsp3) is 0.667. The van der Waals surface area contributed by atoms with Crippen LogP contribution in [0.25, 0.3) is 0 Å². The second-order valence-electron chi connectivity index (χ2n) is 7.94. The van der Waals surface area contributed by atoms with E-state index < -0.39 is 5.60 Å². The van der Waals surface area contributed by atoms with Crippen LogP contribution in [0.1, 0.15) is 55.2 Å². The molecule has 1 spiro atoms. The number of nitrogens with zero attached hydrogens (tertiary/aromatic N) is 1. The molecule has 0 unspecified atom stereocenters. The number of ether oxygens (including phenoxy) is 1. The van der Waals surface area contributed by atoms with Crippen molar-refractivity contribution in [3.63, 3.8) is 0 Å². The highest BCUT2D eigenvalue weighted by atomic mass is 16.5. The molecule has 0 radical (unpaired) electrons. The number of carbonyl (C=O) groups is 1. The number of piperidine rings is 1. The minimum absolute atomic E-state index is 0.205. The average Bonchev–Trinajstić information content (AvgIpc) is 2.65. The van der Waals surface area contributed by atoms with E-state index in [1.165, 1.54) is 30.4 Å². The molecule has 4 heteroatoms.